The van der Waals surface area contributed by atoms with Crippen LogP contribution in [0.2, 0.25) is 0 Å². The van der Waals surface area contributed by atoms with Crippen molar-refractivity contribution in [1.82, 2.24) is 0 Å². The molecule has 1 heterocycles. The molecule has 0 aromatic rings. The van der Waals surface area contributed by atoms with Crippen LogP contribution in [-0.4, -0.2) is 23.8 Å². The van der Waals surface area contributed by atoms with Crippen molar-refractivity contribution in [2.24, 2.45) is 5.73 Å². The van der Waals surface area contributed by atoms with Crippen molar-refractivity contribution in [1.29, 1.82) is 0 Å². The molecule has 1 saturated heterocycles. The van der Waals surface area contributed by atoms with Crippen molar-refractivity contribution in [2.75, 3.05) is 18.9 Å². The Hall–Kier alpha value is 0.270. The molecule has 1 fully saturated rings. The van der Waals surface area contributed by atoms with Crippen LogP contribution >= 0.6 is 11.8 Å². The average molecular weight is 161 g/mol. The average Bonchev–Trinajstić information content (AvgIpc) is 2.39. The van der Waals surface area contributed by atoms with Crippen molar-refractivity contribution < 1.29 is 4.74 Å². The molecule has 3 heteroatoms. The second-order valence-corrected chi connectivity index (χ2v) is 3.94. The van der Waals surface area contributed by atoms with Crippen molar-refractivity contribution in [2.45, 2.75) is 24.7 Å². The first-order valence-corrected chi connectivity index (χ1v) is 4.79. The maximum atomic E-state index is 5.61. The Kier molecular flexibility index (Phi) is 3.01. The predicted molar refractivity (Wildman–Crippen MR) is 45.1 cm³/mol. The largest absolute Gasteiger partial charge is 0.363 e. The molecular formula is C7H15NOS. The summed E-state index contributed by atoms with van der Waals surface area (Å²) in [7, 11) is 0. The smallest absolute Gasteiger partial charge is 0.114 e. The molecule has 2 nitrogen and oxygen atoms in total. The van der Waals surface area contributed by atoms with Crippen molar-refractivity contribution in [3.63, 3.8) is 0 Å². The summed E-state index contributed by atoms with van der Waals surface area (Å²) in [6.07, 6.45) is 2.07. The third-order valence-electron chi connectivity index (χ3n) is 1.88. The minimum absolute atomic E-state index is 0.0781. The van der Waals surface area contributed by atoms with Gasteiger partial charge in [0.05, 0.1) is 6.61 Å². The van der Waals surface area contributed by atoms with E-state index in [1.165, 1.54) is 0 Å². The molecule has 1 atom stereocenters. The molecule has 1 unspecified atom stereocenters. The van der Waals surface area contributed by atoms with Gasteiger partial charge in [-0.05, 0) is 19.4 Å². The van der Waals surface area contributed by atoms with Gasteiger partial charge in [-0.2, -0.15) is 0 Å². The van der Waals surface area contributed by atoms with Gasteiger partial charge in [0, 0.05) is 5.75 Å². The van der Waals surface area contributed by atoms with E-state index in [9.17, 15) is 0 Å². The second-order valence-electron chi connectivity index (χ2n) is 2.50. The van der Waals surface area contributed by atoms with Crippen molar-refractivity contribution >= 4 is 11.8 Å². The molecule has 0 bridgehead atoms. The van der Waals surface area contributed by atoms with Crippen LogP contribution in [0.4, 0.5) is 0 Å². The fraction of sp³-hybridized carbons (Fsp3) is 1.00. The number of ether oxygens (including phenoxy) is 1. The summed E-state index contributed by atoms with van der Waals surface area (Å²) < 4.78 is 5.61. The molecule has 2 N–H and O–H groups in total. The maximum Gasteiger partial charge on any atom is 0.114 e. The van der Waals surface area contributed by atoms with Crippen LogP contribution in [0.5, 0.6) is 0 Å². The molecule has 1 aliphatic rings. The second kappa shape index (κ2) is 3.60. The minimum Gasteiger partial charge on any atom is -0.363 e. The topological polar surface area (TPSA) is 35.2 Å². The van der Waals surface area contributed by atoms with Gasteiger partial charge in [0.1, 0.15) is 4.93 Å². The van der Waals surface area contributed by atoms with E-state index in [4.69, 9.17) is 10.5 Å². The summed E-state index contributed by atoms with van der Waals surface area (Å²) >= 11 is 1.91. The number of hydrogen-bond donors (Lipinski definition) is 1. The lowest BCUT2D eigenvalue weighted by Crippen LogP contribution is -2.26. The molecular weight excluding hydrogens is 146 g/mol. The molecule has 0 amide bonds. The normalized spacial score (nSPS) is 33.0. The summed E-state index contributed by atoms with van der Waals surface area (Å²) in [6.45, 7) is 3.80. The lowest BCUT2D eigenvalue weighted by atomic mass is 10.2. The van der Waals surface area contributed by atoms with E-state index in [0.717, 1.165) is 31.7 Å². The summed E-state index contributed by atoms with van der Waals surface area (Å²) in [5.41, 5.74) is 5.48. The number of nitrogens with two attached hydrogens (primary N) is 1. The van der Waals surface area contributed by atoms with E-state index in [-0.39, 0.29) is 4.93 Å². The zero-order chi connectivity index (χ0) is 7.45. The fourth-order valence-electron chi connectivity index (χ4n) is 1.24. The van der Waals surface area contributed by atoms with E-state index in [1.54, 1.807) is 0 Å². The SMILES string of the molecule is CCC1(CCN)OCCS1. The van der Waals surface area contributed by atoms with E-state index < -0.39 is 0 Å². The van der Waals surface area contributed by atoms with Crippen LogP contribution < -0.4 is 5.73 Å². The Balaban J connectivity index is 2.41. The van der Waals surface area contributed by atoms with Gasteiger partial charge in [0.2, 0.25) is 0 Å². The molecule has 1 rings (SSSR count). The van der Waals surface area contributed by atoms with E-state index in [2.05, 4.69) is 6.92 Å². The Morgan fingerprint density at radius 3 is 2.90 bits per heavy atom. The van der Waals surface area contributed by atoms with Crippen LogP contribution in [0.25, 0.3) is 0 Å². The summed E-state index contributed by atoms with van der Waals surface area (Å²) in [4.78, 5) is 0.0781. The predicted octanol–water partition coefficient (Wildman–Crippen LogP) is 1.20. The van der Waals surface area contributed by atoms with Gasteiger partial charge in [-0.25, -0.2) is 0 Å². The third-order valence-corrected chi connectivity index (χ3v) is 3.39. The summed E-state index contributed by atoms with van der Waals surface area (Å²) in [6, 6.07) is 0. The highest BCUT2D eigenvalue weighted by atomic mass is 32.2. The molecule has 0 saturated carbocycles. The molecule has 10 heavy (non-hydrogen) atoms. The first-order valence-electron chi connectivity index (χ1n) is 3.81. The van der Waals surface area contributed by atoms with E-state index >= 15 is 0 Å². The number of thioether (sulfide) groups is 1. The van der Waals surface area contributed by atoms with Crippen LogP contribution in [-0.2, 0) is 4.74 Å². The Morgan fingerprint density at radius 1 is 1.70 bits per heavy atom. The molecule has 0 aliphatic carbocycles. The van der Waals surface area contributed by atoms with E-state index in [0.29, 0.717) is 0 Å². The van der Waals surface area contributed by atoms with Gasteiger partial charge >= 0.3 is 0 Å². The van der Waals surface area contributed by atoms with Crippen molar-refractivity contribution in [3.8, 4) is 0 Å². The van der Waals surface area contributed by atoms with Crippen molar-refractivity contribution in [3.05, 3.63) is 0 Å². The van der Waals surface area contributed by atoms with Gasteiger partial charge in [-0.15, -0.1) is 11.8 Å². The third kappa shape index (κ3) is 1.65. The van der Waals surface area contributed by atoms with Gasteiger partial charge in [-0.1, -0.05) is 6.92 Å². The number of rotatable bonds is 3. The maximum absolute atomic E-state index is 5.61. The first-order chi connectivity index (χ1) is 4.83. The highest BCUT2D eigenvalue weighted by Crippen LogP contribution is 2.38. The Labute approximate surface area is 66.5 Å². The van der Waals surface area contributed by atoms with Crippen LogP contribution in [0, 0.1) is 0 Å². The van der Waals surface area contributed by atoms with Gasteiger partial charge in [0.15, 0.2) is 0 Å². The lowest BCUT2D eigenvalue weighted by molar-refractivity contribution is 0.0441. The van der Waals surface area contributed by atoms with Gasteiger partial charge in [0.25, 0.3) is 0 Å². The van der Waals surface area contributed by atoms with Crippen LogP contribution in [0.3, 0.4) is 0 Å². The molecule has 0 radical (unpaired) electrons. The quantitative estimate of drug-likeness (QED) is 0.675. The monoisotopic (exact) mass is 161 g/mol. The summed E-state index contributed by atoms with van der Waals surface area (Å²) in [5.74, 6) is 1.13. The van der Waals surface area contributed by atoms with E-state index in [1.807, 2.05) is 11.8 Å². The molecule has 1 aliphatic heterocycles. The lowest BCUT2D eigenvalue weighted by Gasteiger charge is -2.24. The minimum atomic E-state index is 0.0781. The molecule has 0 spiro atoms. The Morgan fingerprint density at radius 2 is 2.50 bits per heavy atom. The molecule has 0 aromatic heterocycles. The zero-order valence-electron chi connectivity index (χ0n) is 6.43. The summed E-state index contributed by atoms with van der Waals surface area (Å²) in [5, 5.41) is 0. The van der Waals surface area contributed by atoms with Crippen LogP contribution in [0.1, 0.15) is 19.8 Å². The number of hydrogen-bond acceptors (Lipinski definition) is 3. The first kappa shape index (κ1) is 8.37. The van der Waals surface area contributed by atoms with Gasteiger partial charge < -0.3 is 10.5 Å². The molecule has 0 aromatic carbocycles. The van der Waals surface area contributed by atoms with Crippen LogP contribution in [0.15, 0.2) is 0 Å². The highest BCUT2D eigenvalue weighted by Gasteiger charge is 2.32. The zero-order valence-corrected chi connectivity index (χ0v) is 7.25. The molecule has 60 valence electrons. The fourth-order valence-corrected chi connectivity index (χ4v) is 2.41. The van der Waals surface area contributed by atoms with Gasteiger partial charge in [-0.3, -0.25) is 0 Å². The highest BCUT2D eigenvalue weighted by molar-refractivity contribution is 8.00. The standard InChI is InChI=1S/C7H15NOS/c1-2-7(3-4-8)9-5-6-10-7/h2-6,8H2,1H3. The Bertz CT molecular complexity index is 102.